The molecule has 0 bridgehead atoms. The summed E-state index contributed by atoms with van der Waals surface area (Å²) >= 11 is 0. The lowest BCUT2D eigenvalue weighted by Crippen LogP contribution is -2.39. The lowest BCUT2D eigenvalue weighted by Gasteiger charge is -2.26. The van der Waals surface area contributed by atoms with Crippen LogP contribution >= 0.6 is 0 Å². The van der Waals surface area contributed by atoms with E-state index >= 15 is 0 Å². The number of rotatable bonds is 7. The minimum atomic E-state index is -3.90. The van der Waals surface area contributed by atoms with Gasteiger partial charge in [-0.25, -0.2) is 0 Å². The number of aryl methyl sites for hydroxylation is 1. The van der Waals surface area contributed by atoms with Crippen LogP contribution in [-0.2, 0) is 28.5 Å². The Kier molecular flexibility index (Phi) is 5.84. The Hall–Kier alpha value is -1.25. The van der Waals surface area contributed by atoms with Gasteiger partial charge in [-0.1, -0.05) is 37.6 Å². The Morgan fingerprint density at radius 3 is 2.62 bits per heavy atom. The number of benzene rings is 1. The lowest BCUT2D eigenvalue weighted by molar-refractivity contribution is -0.152. The molecule has 2 saturated heterocycles. The van der Waals surface area contributed by atoms with Crippen LogP contribution in [-0.4, -0.2) is 46.7 Å². The summed E-state index contributed by atoms with van der Waals surface area (Å²) in [6.45, 7) is 8.33. The van der Waals surface area contributed by atoms with E-state index in [-0.39, 0.29) is 16.9 Å². The minimum absolute atomic E-state index is 0.102. The summed E-state index contributed by atoms with van der Waals surface area (Å²) in [5, 5.41) is 0. The molecule has 3 rings (SSSR count). The molecule has 0 aromatic heterocycles. The average molecular weight is 382 g/mol. The first-order valence-electron chi connectivity index (χ1n) is 8.85. The lowest BCUT2D eigenvalue weighted by atomic mass is 9.93. The van der Waals surface area contributed by atoms with Crippen molar-refractivity contribution < 1.29 is 26.8 Å². The minimum Gasteiger partial charge on any atom is -0.370 e. The smallest absolute Gasteiger partial charge is 0.297 e. The van der Waals surface area contributed by atoms with Crippen molar-refractivity contribution >= 4 is 10.1 Å². The van der Waals surface area contributed by atoms with Crippen LogP contribution in [0, 0.1) is 12.8 Å². The molecule has 1 unspecified atom stereocenters. The van der Waals surface area contributed by atoms with E-state index in [0.717, 1.165) is 17.6 Å². The zero-order valence-corrected chi connectivity index (χ0v) is 16.2. The first-order valence-corrected chi connectivity index (χ1v) is 10.3. The zero-order chi connectivity index (χ0) is 18.9. The number of hydrogen-bond acceptors (Lipinski definition) is 6. The van der Waals surface area contributed by atoms with Gasteiger partial charge in [0.2, 0.25) is 0 Å². The Morgan fingerprint density at radius 1 is 1.31 bits per heavy atom. The number of hydrogen-bond donors (Lipinski definition) is 0. The summed E-state index contributed by atoms with van der Waals surface area (Å²) in [6, 6.07) is 6.60. The van der Waals surface area contributed by atoms with E-state index in [9.17, 15) is 8.42 Å². The third-order valence-corrected chi connectivity index (χ3v) is 6.28. The van der Waals surface area contributed by atoms with Crippen molar-refractivity contribution in [3.05, 3.63) is 42.0 Å². The Morgan fingerprint density at radius 2 is 2.00 bits per heavy atom. The summed E-state index contributed by atoms with van der Waals surface area (Å²) < 4.78 is 48.3. The topological polar surface area (TPSA) is 71.1 Å². The summed E-state index contributed by atoms with van der Waals surface area (Å²) in [6.07, 6.45) is -0.689. The first kappa shape index (κ1) is 19.5. The van der Waals surface area contributed by atoms with Gasteiger partial charge in [0.25, 0.3) is 10.1 Å². The summed E-state index contributed by atoms with van der Waals surface area (Å²) in [5.41, 5.74) is 1.89. The molecular formula is C19H26O6S. The molecule has 0 aliphatic carbocycles. The molecule has 1 aromatic rings. The molecule has 26 heavy (non-hydrogen) atoms. The van der Waals surface area contributed by atoms with Gasteiger partial charge < -0.3 is 14.2 Å². The summed E-state index contributed by atoms with van der Waals surface area (Å²) in [7, 11) is -2.34. The van der Waals surface area contributed by atoms with Crippen LogP contribution in [0.1, 0.15) is 25.3 Å². The van der Waals surface area contributed by atoms with Gasteiger partial charge in [-0.2, -0.15) is 8.42 Å². The Balaban J connectivity index is 1.83. The quantitative estimate of drug-likeness (QED) is 0.533. The van der Waals surface area contributed by atoms with E-state index in [1.54, 1.807) is 31.4 Å². The maximum absolute atomic E-state index is 12.7. The van der Waals surface area contributed by atoms with E-state index in [1.165, 1.54) is 0 Å². The van der Waals surface area contributed by atoms with Gasteiger partial charge in [-0.15, -0.1) is 0 Å². The monoisotopic (exact) mass is 382 g/mol. The standard InChI is InChI=1S/C19H26O6S/c1-5-6-15(25-26(20,21)14-9-7-12(2)8-10-14)17-18-16(13(3)11-23-18)19(22-4)24-17/h7-10,15-19H,3,5-6,11H2,1-2,4H3/t15?,16-,17+,18+,19+/m0/s1. The van der Waals surface area contributed by atoms with E-state index < -0.39 is 28.6 Å². The van der Waals surface area contributed by atoms with E-state index in [1.807, 2.05) is 13.8 Å². The number of fused-ring (bicyclic) bond motifs is 1. The van der Waals surface area contributed by atoms with Crippen molar-refractivity contribution in [3.63, 3.8) is 0 Å². The summed E-state index contributed by atoms with van der Waals surface area (Å²) in [5.74, 6) is -0.102. The van der Waals surface area contributed by atoms with Crippen LogP contribution in [0.3, 0.4) is 0 Å². The third kappa shape index (κ3) is 3.73. The molecule has 5 atom stereocenters. The van der Waals surface area contributed by atoms with E-state index in [4.69, 9.17) is 18.4 Å². The molecule has 1 aromatic carbocycles. The second-order valence-corrected chi connectivity index (χ2v) is 8.43. The normalized spacial score (nSPS) is 29.7. The van der Waals surface area contributed by atoms with Crippen LogP contribution in [0.4, 0.5) is 0 Å². The van der Waals surface area contributed by atoms with Gasteiger partial charge in [0.15, 0.2) is 6.29 Å². The maximum atomic E-state index is 12.7. The van der Waals surface area contributed by atoms with Crippen LogP contribution in [0.2, 0.25) is 0 Å². The van der Waals surface area contributed by atoms with Gasteiger partial charge in [0, 0.05) is 7.11 Å². The highest BCUT2D eigenvalue weighted by Crippen LogP contribution is 2.42. The molecular weight excluding hydrogens is 356 g/mol. The van der Waals surface area contributed by atoms with Crippen molar-refractivity contribution in [3.8, 4) is 0 Å². The van der Waals surface area contributed by atoms with Crippen LogP contribution in [0.5, 0.6) is 0 Å². The number of methoxy groups -OCH3 is 1. The van der Waals surface area contributed by atoms with Gasteiger partial charge in [-0.3, -0.25) is 4.18 Å². The largest absolute Gasteiger partial charge is 0.370 e. The molecule has 2 heterocycles. The fourth-order valence-electron chi connectivity index (χ4n) is 3.58. The predicted octanol–water partition coefficient (Wildman–Crippen LogP) is 2.81. The fourth-order valence-corrected chi connectivity index (χ4v) is 4.69. The van der Waals surface area contributed by atoms with Crippen molar-refractivity contribution in [1.29, 1.82) is 0 Å². The molecule has 2 fully saturated rings. The van der Waals surface area contributed by atoms with Gasteiger partial charge in [0.1, 0.15) is 12.2 Å². The molecule has 0 spiro atoms. The molecule has 0 N–H and O–H groups in total. The molecule has 0 saturated carbocycles. The van der Waals surface area contributed by atoms with E-state index in [0.29, 0.717) is 13.0 Å². The van der Waals surface area contributed by atoms with E-state index in [2.05, 4.69) is 6.58 Å². The predicted molar refractivity (Wildman–Crippen MR) is 96.2 cm³/mol. The number of ether oxygens (including phenoxy) is 3. The highest BCUT2D eigenvalue weighted by Gasteiger charge is 2.53. The van der Waals surface area contributed by atoms with Gasteiger partial charge in [-0.05, 0) is 31.1 Å². The molecule has 0 radical (unpaired) electrons. The molecule has 0 amide bonds. The van der Waals surface area contributed by atoms with Gasteiger partial charge >= 0.3 is 0 Å². The summed E-state index contributed by atoms with van der Waals surface area (Å²) in [4.78, 5) is 0.138. The van der Waals surface area contributed by atoms with Crippen molar-refractivity contribution in [2.75, 3.05) is 13.7 Å². The molecule has 2 aliphatic rings. The van der Waals surface area contributed by atoms with Crippen molar-refractivity contribution in [1.82, 2.24) is 0 Å². The Bertz CT molecular complexity index is 742. The van der Waals surface area contributed by atoms with Gasteiger partial charge in [0.05, 0.1) is 23.5 Å². The van der Waals surface area contributed by atoms with Crippen LogP contribution in [0.15, 0.2) is 41.3 Å². The van der Waals surface area contributed by atoms with Crippen LogP contribution < -0.4 is 0 Å². The highest BCUT2D eigenvalue weighted by atomic mass is 32.2. The van der Waals surface area contributed by atoms with Crippen molar-refractivity contribution in [2.45, 2.75) is 56.2 Å². The van der Waals surface area contributed by atoms with Crippen molar-refractivity contribution in [2.24, 2.45) is 5.92 Å². The highest BCUT2D eigenvalue weighted by molar-refractivity contribution is 7.86. The third-order valence-electron chi connectivity index (χ3n) is 4.93. The molecule has 144 valence electrons. The van der Waals surface area contributed by atoms with Crippen LogP contribution in [0.25, 0.3) is 0 Å². The molecule has 7 heteroatoms. The Labute approximate surface area is 155 Å². The average Bonchev–Trinajstić information content (AvgIpc) is 3.15. The second kappa shape index (κ2) is 7.78. The molecule has 2 aliphatic heterocycles. The second-order valence-electron chi connectivity index (χ2n) is 6.85. The fraction of sp³-hybridized carbons (Fsp3) is 0.579. The zero-order valence-electron chi connectivity index (χ0n) is 15.4. The molecule has 6 nitrogen and oxygen atoms in total. The SMILES string of the molecule is C=C1CO[C@@H]2[C@H]1[C@H](OC)O[C@@H]2C(CCC)OS(=O)(=O)c1ccc(C)cc1. The first-order chi connectivity index (χ1) is 12.4. The maximum Gasteiger partial charge on any atom is 0.297 e.